The van der Waals surface area contributed by atoms with Gasteiger partial charge in [0.15, 0.2) is 0 Å². The Morgan fingerprint density at radius 1 is 1.26 bits per heavy atom. The van der Waals surface area contributed by atoms with E-state index >= 15 is 0 Å². The van der Waals surface area contributed by atoms with Crippen LogP contribution in [0.15, 0.2) is 24.3 Å². The number of methoxy groups -OCH3 is 1. The van der Waals surface area contributed by atoms with Gasteiger partial charge in [-0.05, 0) is 49.3 Å². The third kappa shape index (κ3) is 2.92. The van der Waals surface area contributed by atoms with Gasteiger partial charge >= 0.3 is 0 Å². The molecule has 1 saturated carbocycles. The molecule has 0 saturated heterocycles. The summed E-state index contributed by atoms with van der Waals surface area (Å²) in [6, 6.07) is 10.6. The summed E-state index contributed by atoms with van der Waals surface area (Å²) in [4.78, 5) is 0. The van der Waals surface area contributed by atoms with E-state index in [2.05, 4.69) is 25.1 Å². The van der Waals surface area contributed by atoms with Gasteiger partial charge in [0.25, 0.3) is 0 Å². The number of hydrogen-bond donors (Lipinski definition) is 0. The second kappa shape index (κ2) is 6.10. The minimum atomic E-state index is -0.267. The van der Waals surface area contributed by atoms with E-state index in [9.17, 15) is 5.26 Å². The molecule has 0 N–H and O–H groups in total. The van der Waals surface area contributed by atoms with Crippen LogP contribution in [0.4, 0.5) is 0 Å². The highest BCUT2D eigenvalue weighted by molar-refractivity contribution is 5.37. The van der Waals surface area contributed by atoms with Gasteiger partial charge in [0.1, 0.15) is 5.75 Å². The van der Waals surface area contributed by atoms with E-state index in [0.717, 1.165) is 30.1 Å². The molecule has 0 aromatic heterocycles. The fourth-order valence-corrected chi connectivity index (χ4v) is 3.24. The number of rotatable bonds is 4. The van der Waals surface area contributed by atoms with Crippen molar-refractivity contribution in [2.75, 3.05) is 7.11 Å². The zero-order chi connectivity index (χ0) is 13.7. The first-order chi connectivity index (χ1) is 9.24. The number of hydrogen-bond acceptors (Lipinski definition) is 2. The minimum absolute atomic E-state index is 0.267. The Kier molecular flexibility index (Phi) is 4.47. The van der Waals surface area contributed by atoms with E-state index in [4.69, 9.17) is 4.74 Å². The molecule has 1 aliphatic carbocycles. The van der Waals surface area contributed by atoms with Crippen molar-refractivity contribution >= 4 is 0 Å². The van der Waals surface area contributed by atoms with E-state index in [1.54, 1.807) is 7.11 Å². The fraction of sp³-hybridized carbons (Fsp3) is 0.588. The van der Waals surface area contributed by atoms with Crippen molar-refractivity contribution in [1.82, 2.24) is 0 Å². The largest absolute Gasteiger partial charge is 0.497 e. The summed E-state index contributed by atoms with van der Waals surface area (Å²) in [6.45, 7) is 2.25. The first-order valence-corrected chi connectivity index (χ1v) is 7.30. The summed E-state index contributed by atoms with van der Waals surface area (Å²) in [7, 11) is 1.67. The maximum Gasteiger partial charge on any atom is 0.118 e. The van der Waals surface area contributed by atoms with Crippen molar-refractivity contribution in [1.29, 1.82) is 5.26 Å². The van der Waals surface area contributed by atoms with E-state index in [0.29, 0.717) is 0 Å². The van der Waals surface area contributed by atoms with Crippen LogP contribution in [-0.2, 0) is 5.41 Å². The third-order valence-corrected chi connectivity index (χ3v) is 4.51. The second-order valence-corrected chi connectivity index (χ2v) is 5.65. The number of nitrogens with zero attached hydrogens (tertiary/aromatic N) is 1. The molecule has 102 valence electrons. The second-order valence-electron chi connectivity index (χ2n) is 5.65. The van der Waals surface area contributed by atoms with Crippen molar-refractivity contribution in [3.8, 4) is 11.8 Å². The highest BCUT2D eigenvalue weighted by Gasteiger charge is 2.36. The van der Waals surface area contributed by atoms with Crippen molar-refractivity contribution in [2.45, 2.75) is 50.9 Å². The zero-order valence-electron chi connectivity index (χ0n) is 12.0. The zero-order valence-corrected chi connectivity index (χ0v) is 12.0. The average Bonchev–Trinajstić information content (AvgIpc) is 2.49. The average molecular weight is 257 g/mol. The van der Waals surface area contributed by atoms with Crippen LogP contribution in [0, 0.1) is 17.2 Å². The maximum absolute atomic E-state index is 9.66. The normalized spacial score (nSPS) is 26.7. The summed E-state index contributed by atoms with van der Waals surface area (Å²) >= 11 is 0. The van der Waals surface area contributed by atoms with E-state index in [1.807, 2.05) is 12.1 Å². The number of ether oxygens (including phenoxy) is 1. The van der Waals surface area contributed by atoms with Crippen LogP contribution in [0.3, 0.4) is 0 Å². The molecular weight excluding hydrogens is 234 g/mol. The molecule has 1 aliphatic rings. The van der Waals surface area contributed by atoms with Crippen LogP contribution in [0.1, 0.15) is 51.0 Å². The topological polar surface area (TPSA) is 33.0 Å². The first kappa shape index (κ1) is 13.9. The standard InChI is InChI=1S/C17H23NO/c1-3-4-14-9-11-17(13-18,12-10-14)15-5-7-16(19-2)8-6-15/h5-8,14H,3-4,9-12H2,1-2H3/t14-,17+. The predicted octanol–water partition coefficient (Wildman–Crippen LogP) is 4.45. The summed E-state index contributed by atoms with van der Waals surface area (Å²) in [5.41, 5.74) is 0.891. The minimum Gasteiger partial charge on any atom is -0.497 e. The lowest BCUT2D eigenvalue weighted by Crippen LogP contribution is -2.30. The molecule has 0 aliphatic heterocycles. The molecule has 1 aromatic carbocycles. The summed E-state index contributed by atoms with van der Waals surface area (Å²) in [5.74, 6) is 1.68. The van der Waals surface area contributed by atoms with Crippen LogP contribution in [0.5, 0.6) is 5.75 Å². The van der Waals surface area contributed by atoms with Crippen molar-refractivity contribution in [3.63, 3.8) is 0 Å². The van der Waals surface area contributed by atoms with Crippen molar-refractivity contribution in [3.05, 3.63) is 29.8 Å². The van der Waals surface area contributed by atoms with Crippen LogP contribution < -0.4 is 4.74 Å². The lowest BCUT2D eigenvalue weighted by molar-refractivity contribution is 0.265. The molecule has 1 aromatic rings. The highest BCUT2D eigenvalue weighted by Crippen LogP contribution is 2.42. The Labute approximate surface area is 116 Å². The van der Waals surface area contributed by atoms with Gasteiger partial charge in [0.2, 0.25) is 0 Å². The molecule has 0 bridgehead atoms. The van der Waals surface area contributed by atoms with Gasteiger partial charge in [-0.2, -0.15) is 5.26 Å². The van der Waals surface area contributed by atoms with Gasteiger partial charge in [-0.25, -0.2) is 0 Å². The lowest BCUT2D eigenvalue weighted by Gasteiger charge is -2.35. The molecule has 2 rings (SSSR count). The molecule has 0 spiro atoms. The molecule has 2 nitrogen and oxygen atoms in total. The summed E-state index contributed by atoms with van der Waals surface area (Å²) in [5, 5.41) is 9.66. The van der Waals surface area contributed by atoms with Gasteiger partial charge in [-0.3, -0.25) is 0 Å². The van der Waals surface area contributed by atoms with E-state index in [1.165, 1.54) is 25.7 Å². The first-order valence-electron chi connectivity index (χ1n) is 7.30. The molecule has 1 fully saturated rings. The fourth-order valence-electron chi connectivity index (χ4n) is 3.24. The molecule has 2 heteroatoms. The van der Waals surface area contributed by atoms with E-state index < -0.39 is 0 Å². The summed E-state index contributed by atoms with van der Waals surface area (Å²) in [6.07, 6.45) is 6.94. The van der Waals surface area contributed by atoms with Crippen LogP contribution in [0.2, 0.25) is 0 Å². The quantitative estimate of drug-likeness (QED) is 0.798. The smallest absolute Gasteiger partial charge is 0.118 e. The van der Waals surface area contributed by atoms with Gasteiger partial charge < -0.3 is 4.74 Å². The Balaban J connectivity index is 2.13. The molecule has 0 radical (unpaired) electrons. The predicted molar refractivity (Wildman–Crippen MR) is 77.2 cm³/mol. The van der Waals surface area contributed by atoms with E-state index in [-0.39, 0.29) is 5.41 Å². The SMILES string of the molecule is CCC[C@H]1CC[C@@](C#N)(c2ccc(OC)cc2)CC1. The molecule has 0 unspecified atom stereocenters. The molecular formula is C17H23NO. The van der Waals surface area contributed by atoms with Crippen LogP contribution >= 0.6 is 0 Å². The maximum atomic E-state index is 9.66. The number of nitriles is 1. The Bertz CT molecular complexity index is 435. The van der Waals surface area contributed by atoms with Crippen molar-refractivity contribution in [2.24, 2.45) is 5.92 Å². The lowest BCUT2D eigenvalue weighted by atomic mass is 9.67. The van der Waals surface area contributed by atoms with Crippen molar-refractivity contribution < 1.29 is 4.74 Å². The molecule has 19 heavy (non-hydrogen) atoms. The monoisotopic (exact) mass is 257 g/mol. The highest BCUT2D eigenvalue weighted by atomic mass is 16.5. The van der Waals surface area contributed by atoms with Gasteiger partial charge in [0.05, 0.1) is 18.6 Å². The van der Waals surface area contributed by atoms with Gasteiger partial charge in [-0.15, -0.1) is 0 Å². The third-order valence-electron chi connectivity index (χ3n) is 4.51. The Hall–Kier alpha value is -1.49. The molecule has 0 atom stereocenters. The van der Waals surface area contributed by atoms with Gasteiger partial charge in [-0.1, -0.05) is 31.9 Å². The van der Waals surface area contributed by atoms with Crippen LogP contribution in [0.25, 0.3) is 0 Å². The van der Waals surface area contributed by atoms with Gasteiger partial charge in [0, 0.05) is 0 Å². The molecule has 0 heterocycles. The number of benzene rings is 1. The Morgan fingerprint density at radius 2 is 1.89 bits per heavy atom. The van der Waals surface area contributed by atoms with Crippen LogP contribution in [-0.4, -0.2) is 7.11 Å². The Morgan fingerprint density at radius 3 is 2.37 bits per heavy atom. The molecule has 0 amide bonds. The summed E-state index contributed by atoms with van der Waals surface area (Å²) < 4.78 is 5.19.